The number of ether oxygens (including phenoxy) is 1. The second-order valence-corrected chi connectivity index (χ2v) is 11.6. The molecular weight excluding hydrogens is 526 g/mol. The lowest BCUT2D eigenvalue weighted by Crippen LogP contribution is -2.46. The number of rotatable bonds is 8. The number of hydrogen-bond donors (Lipinski definition) is 6. The number of phosphoric acid groups is 1. The number of nitrogens with one attached hydrogen (secondary N) is 1. The third kappa shape index (κ3) is 5.90. The summed E-state index contributed by atoms with van der Waals surface area (Å²) in [6, 6.07) is 7.09. The van der Waals surface area contributed by atoms with E-state index in [1.807, 2.05) is 0 Å². The van der Waals surface area contributed by atoms with Gasteiger partial charge in [-0.2, -0.15) is 0 Å². The van der Waals surface area contributed by atoms with Gasteiger partial charge in [0, 0.05) is 5.56 Å². The van der Waals surface area contributed by atoms with Crippen molar-refractivity contribution in [3.05, 3.63) is 48.5 Å². The minimum Gasteiger partial charge on any atom is -0.388 e. The number of nitrogen functional groups attached to an aromatic ring is 1. The molecule has 0 saturated carbocycles. The summed E-state index contributed by atoms with van der Waals surface area (Å²) >= 11 is 4.17. The van der Waals surface area contributed by atoms with Crippen molar-refractivity contribution in [3.8, 4) is 0 Å². The Hall–Kier alpha value is -2.36. The largest absolute Gasteiger partial charge is 0.479 e. The molecule has 0 aliphatic carbocycles. The van der Waals surface area contributed by atoms with Crippen LogP contribution in [0.5, 0.6) is 0 Å². The zero-order valence-corrected chi connectivity index (χ0v) is 20.2. The van der Waals surface area contributed by atoms with Gasteiger partial charge in [0.15, 0.2) is 17.7 Å². The molecule has 1 aliphatic heterocycles. The van der Waals surface area contributed by atoms with Crippen molar-refractivity contribution in [2.24, 2.45) is 0 Å². The molecule has 1 saturated heterocycles. The number of amides is 1. The number of benzene rings is 1. The van der Waals surface area contributed by atoms with Crippen LogP contribution in [-0.2, 0) is 29.9 Å². The Bertz CT molecular complexity index is 1320. The Morgan fingerprint density at radius 1 is 1.23 bits per heavy atom. The Morgan fingerprint density at radius 2 is 1.94 bits per heavy atom. The van der Waals surface area contributed by atoms with Gasteiger partial charge in [-0.05, 0) is 23.9 Å². The van der Waals surface area contributed by atoms with Gasteiger partial charge in [-0.15, -0.1) is 0 Å². The van der Waals surface area contributed by atoms with Crippen LogP contribution in [0.2, 0.25) is 0 Å². The topological polar surface area (TPSA) is 224 Å². The van der Waals surface area contributed by atoms with E-state index in [1.165, 1.54) is 17.2 Å². The predicted octanol–water partition coefficient (Wildman–Crippen LogP) is -0.192. The van der Waals surface area contributed by atoms with Crippen LogP contribution in [0.4, 0.5) is 5.82 Å². The van der Waals surface area contributed by atoms with Crippen molar-refractivity contribution < 1.29 is 42.7 Å². The molecule has 188 valence electrons. The molecule has 3 aromatic rings. The molecule has 1 unspecified atom stereocenters. The van der Waals surface area contributed by atoms with Gasteiger partial charge in [-0.3, -0.25) is 13.9 Å². The summed E-state index contributed by atoms with van der Waals surface area (Å²) in [5.74, 6) is -0.431. The van der Waals surface area contributed by atoms with Crippen LogP contribution < -0.4 is 11.1 Å². The summed E-state index contributed by atoms with van der Waals surface area (Å²) in [5.41, 5.74) is 6.64. The number of anilines is 1. The molecule has 0 spiro atoms. The first-order valence-electron chi connectivity index (χ1n) is 9.82. The fraction of sp³-hybridized carbons (Fsp3) is 0.294. The maximum absolute atomic E-state index is 12.8. The standard InChI is InChI=1S/C17H20N6O9P2S/c18-14-12-15(20-7-19-14)23(8-21-12)17-11(22-16(25)9-4-2-1-3-5-9)13(24)10(31-17)6-30-33(26,27)32-34(28,29)35/h1-5,7-8,10-11,13,17,24H,6H2,(H,22,25)(H,26,27)(H2,18,19,20)(H2,28,29,35)/t10-,11-,13-,17-/m1/s1. The fourth-order valence-corrected chi connectivity index (χ4v) is 5.84. The van der Waals surface area contributed by atoms with Gasteiger partial charge in [0.05, 0.1) is 12.9 Å². The number of nitrogens with zero attached hydrogens (tertiary/aromatic N) is 4. The lowest BCUT2D eigenvalue weighted by molar-refractivity contribution is -0.0429. The maximum atomic E-state index is 12.8. The maximum Gasteiger partial charge on any atom is 0.479 e. The predicted molar refractivity (Wildman–Crippen MR) is 123 cm³/mol. The number of nitrogens with two attached hydrogens (primary N) is 1. The lowest BCUT2D eigenvalue weighted by atomic mass is 10.1. The number of hydrogen-bond acceptors (Lipinski definition) is 11. The van der Waals surface area contributed by atoms with Crippen molar-refractivity contribution in [2.45, 2.75) is 24.5 Å². The molecule has 1 aliphatic rings. The van der Waals surface area contributed by atoms with Crippen LogP contribution >= 0.6 is 14.5 Å². The Morgan fingerprint density at radius 3 is 2.63 bits per heavy atom. The van der Waals surface area contributed by atoms with Crippen LogP contribution in [-0.4, -0.2) is 70.1 Å². The van der Waals surface area contributed by atoms with Crippen LogP contribution in [0.25, 0.3) is 11.2 Å². The summed E-state index contributed by atoms with van der Waals surface area (Å²) in [6.45, 7) is -5.25. The fourth-order valence-electron chi connectivity index (χ4n) is 3.48. The van der Waals surface area contributed by atoms with E-state index in [4.69, 9.17) is 24.8 Å². The summed E-state index contributed by atoms with van der Waals surface area (Å²) in [6.07, 6.45) is -1.32. The van der Waals surface area contributed by atoms with E-state index in [9.17, 15) is 19.4 Å². The first-order valence-corrected chi connectivity index (χ1v) is 13.9. The first-order chi connectivity index (χ1) is 16.5. The zero-order chi connectivity index (χ0) is 25.4. The molecule has 35 heavy (non-hydrogen) atoms. The van der Waals surface area contributed by atoms with Gasteiger partial charge in [0.2, 0.25) is 0 Å². The Labute approximate surface area is 202 Å². The minimum atomic E-state index is -5.00. The smallest absolute Gasteiger partial charge is 0.388 e. The van der Waals surface area contributed by atoms with Gasteiger partial charge in [0.1, 0.15) is 30.1 Å². The van der Waals surface area contributed by atoms with Crippen LogP contribution in [0.3, 0.4) is 0 Å². The van der Waals surface area contributed by atoms with E-state index in [0.29, 0.717) is 5.56 Å². The molecular formula is C17H20N6O9P2S. The van der Waals surface area contributed by atoms with Crippen LogP contribution in [0.15, 0.2) is 43.0 Å². The van der Waals surface area contributed by atoms with Gasteiger partial charge in [0.25, 0.3) is 5.91 Å². The lowest BCUT2D eigenvalue weighted by Gasteiger charge is -2.23. The second-order valence-electron chi connectivity index (χ2n) is 7.34. The molecule has 2 aromatic heterocycles. The van der Waals surface area contributed by atoms with E-state index < -0.39 is 51.5 Å². The van der Waals surface area contributed by atoms with Crippen molar-refractivity contribution in [1.29, 1.82) is 0 Å². The number of aliphatic hydroxyl groups excluding tert-OH is 1. The van der Waals surface area contributed by atoms with E-state index >= 15 is 0 Å². The number of aromatic nitrogens is 4. The third-order valence-corrected chi connectivity index (χ3v) is 7.73. The molecule has 1 aromatic carbocycles. The normalized spacial score (nSPS) is 24.3. The molecule has 7 N–H and O–H groups in total. The summed E-state index contributed by atoms with van der Waals surface area (Å²) < 4.78 is 28.1. The van der Waals surface area contributed by atoms with Gasteiger partial charge < -0.3 is 35.6 Å². The monoisotopic (exact) mass is 546 g/mol. The Balaban J connectivity index is 1.61. The molecule has 0 radical (unpaired) electrons. The molecule has 1 amide bonds. The van der Waals surface area contributed by atoms with E-state index in [1.54, 1.807) is 30.3 Å². The zero-order valence-electron chi connectivity index (χ0n) is 17.6. The van der Waals surface area contributed by atoms with Gasteiger partial charge >= 0.3 is 14.5 Å². The van der Waals surface area contributed by atoms with Crippen molar-refractivity contribution in [3.63, 3.8) is 0 Å². The van der Waals surface area contributed by atoms with Gasteiger partial charge in [-0.25, -0.2) is 23.8 Å². The van der Waals surface area contributed by atoms with E-state index in [0.717, 1.165) is 0 Å². The highest BCUT2D eigenvalue weighted by atomic mass is 32.5. The molecule has 0 bridgehead atoms. The molecule has 18 heteroatoms. The summed E-state index contributed by atoms with van der Waals surface area (Å²) in [4.78, 5) is 52.9. The average molecular weight is 546 g/mol. The quantitative estimate of drug-likeness (QED) is 0.201. The average Bonchev–Trinajstić information content (AvgIpc) is 3.34. The van der Waals surface area contributed by atoms with Crippen LogP contribution in [0, 0.1) is 0 Å². The Kier molecular flexibility index (Phi) is 7.31. The summed E-state index contributed by atoms with van der Waals surface area (Å²) in [5, 5.41) is 13.6. The van der Waals surface area contributed by atoms with Gasteiger partial charge in [-0.1, -0.05) is 18.2 Å². The van der Waals surface area contributed by atoms with Crippen LogP contribution in [0.1, 0.15) is 16.6 Å². The third-order valence-electron chi connectivity index (χ3n) is 4.98. The number of imidazole rings is 1. The summed E-state index contributed by atoms with van der Waals surface area (Å²) in [7, 11) is -5.00. The second kappa shape index (κ2) is 9.95. The number of carbonyl (C=O) groups is 1. The number of carbonyl (C=O) groups excluding carboxylic acids is 1. The van der Waals surface area contributed by atoms with Crippen molar-refractivity contribution in [1.82, 2.24) is 24.8 Å². The first kappa shape index (κ1) is 25.7. The molecule has 5 atom stereocenters. The highest BCUT2D eigenvalue weighted by Crippen LogP contribution is 2.58. The number of aliphatic hydroxyl groups is 1. The highest BCUT2D eigenvalue weighted by Gasteiger charge is 2.47. The molecule has 1 fully saturated rings. The van der Waals surface area contributed by atoms with E-state index in [2.05, 4.69) is 36.4 Å². The molecule has 15 nitrogen and oxygen atoms in total. The minimum absolute atomic E-state index is 0.0964. The SMILES string of the molecule is Nc1ncnc2c1ncn2[C@@H]1O[C@H](COP(=O)(O)OP(O)(O)=S)[C@@H](O)[C@H]1NC(=O)c1ccccc1. The number of phosphoric ester groups is 1. The van der Waals surface area contributed by atoms with Crippen molar-refractivity contribution >= 4 is 49.2 Å². The molecule has 3 heterocycles. The van der Waals surface area contributed by atoms with E-state index in [-0.39, 0.29) is 17.0 Å². The van der Waals surface area contributed by atoms with Crippen molar-refractivity contribution in [2.75, 3.05) is 12.3 Å². The molecule has 4 rings (SSSR count). The highest BCUT2D eigenvalue weighted by molar-refractivity contribution is 8.08. The number of fused-ring (bicyclic) bond motifs is 1.